The minimum absolute atomic E-state index is 0.0560. The number of rotatable bonds is 4. The predicted molar refractivity (Wildman–Crippen MR) is 116 cm³/mol. The van der Waals surface area contributed by atoms with Crippen LogP contribution < -0.4 is 9.47 Å². The maximum atomic E-state index is 13.5. The Labute approximate surface area is 182 Å². The molecule has 1 N–H and O–H groups in total. The first kappa shape index (κ1) is 21.2. The van der Waals surface area contributed by atoms with Crippen LogP contribution in [0.5, 0.6) is 11.5 Å². The van der Waals surface area contributed by atoms with Crippen molar-refractivity contribution in [1.29, 1.82) is 0 Å². The Morgan fingerprint density at radius 3 is 2.68 bits per heavy atom. The van der Waals surface area contributed by atoms with Gasteiger partial charge >= 0.3 is 0 Å². The van der Waals surface area contributed by atoms with Crippen LogP contribution in [-0.2, 0) is 4.79 Å². The lowest BCUT2D eigenvalue weighted by Crippen LogP contribution is -2.68. The van der Waals surface area contributed by atoms with Crippen molar-refractivity contribution < 1.29 is 19.1 Å². The lowest BCUT2D eigenvalue weighted by molar-refractivity contribution is -0.140. The van der Waals surface area contributed by atoms with Gasteiger partial charge in [0.05, 0.1) is 31.5 Å². The first-order valence-corrected chi connectivity index (χ1v) is 10.8. The zero-order valence-electron chi connectivity index (χ0n) is 18.6. The molecule has 2 saturated heterocycles. The van der Waals surface area contributed by atoms with Gasteiger partial charge in [-0.3, -0.25) is 14.7 Å². The molecule has 0 unspecified atom stereocenters. The largest absolute Gasteiger partial charge is 0.497 e. The molecule has 2 aromatic rings. The summed E-state index contributed by atoms with van der Waals surface area (Å²) in [6.45, 7) is 5.18. The molecule has 2 amide bonds. The number of carbonyl (C=O) groups is 2. The summed E-state index contributed by atoms with van der Waals surface area (Å²) in [6.07, 6.45) is 3.59. The molecule has 0 bridgehead atoms. The summed E-state index contributed by atoms with van der Waals surface area (Å²) in [6, 6.07) is 7.32. The molecule has 0 aliphatic carbocycles. The van der Waals surface area contributed by atoms with E-state index in [9.17, 15) is 9.59 Å². The fourth-order valence-corrected chi connectivity index (χ4v) is 5.18. The van der Waals surface area contributed by atoms with Gasteiger partial charge in [-0.05, 0) is 50.8 Å². The van der Waals surface area contributed by atoms with Gasteiger partial charge in [0.2, 0.25) is 5.91 Å². The highest BCUT2D eigenvalue weighted by atomic mass is 16.5. The van der Waals surface area contributed by atoms with Crippen LogP contribution in [0.4, 0.5) is 0 Å². The van der Waals surface area contributed by atoms with Crippen LogP contribution in [0, 0.1) is 0 Å². The molecule has 166 valence electrons. The van der Waals surface area contributed by atoms with Crippen molar-refractivity contribution in [2.24, 2.45) is 0 Å². The number of hydrogen-bond acceptors (Lipinski definition) is 5. The SMILES string of the molecule is COc1ccc(-c2cc(C(=O)N3CCC[C@H]4N(C(C)=O)CCC[C@@]43C)[nH]n2)c(OC)c1. The molecule has 1 aromatic carbocycles. The number of amides is 2. The van der Waals surface area contributed by atoms with Gasteiger partial charge in [0, 0.05) is 31.6 Å². The number of likely N-dealkylation sites (tertiary alicyclic amines) is 2. The Hall–Kier alpha value is -3.03. The van der Waals surface area contributed by atoms with Crippen LogP contribution in [0.25, 0.3) is 11.3 Å². The lowest BCUT2D eigenvalue weighted by Gasteiger charge is -2.56. The number of piperidine rings is 2. The zero-order valence-corrected chi connectivity index (χ0v) is 18.6. The number of fused-ring (bicyclic) bond motifs is 1. The van der Waals surface area contributed by atoms with Gasteiger partial charge < -0.3 is 19.3 Å². The molecule has 2 fully saturated rings. The first-order chi connectivity index (χ1) is 14.9. The molecule has 0 saturated carbocycles. The Morgan fingerprint density at radius 2 is 1.97 bits per heavy atom. The molecule has 31 heavy (non-hydrogen) atoms. The van der Waals surface area contributed by atoms with Gasteiger partial charge in [-0.1, -0.05) is 0 Å². The number of ether oxygens (including phenoxy) is 2. The summed E-state index contributed by atoms with van der Waals surface area (Å²) in [5.74, 6) is 1.32. The smallest absolute Gasteiger partial charge is 0.272 e. The third-order valence-corrected chi connectivity index (χ3v) is 6.79. The Kier molecular flexibility index (Phi) is 5.64. The average molecular weight is 427 g/mol. The van der Waals surface area contributed by atoms with E-state index in [1.54, 1.807) is 33.3 Å². The Bertz CT molecular complexity index is 988. The number of benzene rings is 1. The molecule has 0 radical (unpaired) electrons. The van der Waals surface area contributed by atoms with Crippen molar-refractivity contribution >= 4 is 11.8 Å². The molecule has 4 rings (SSSR count). The van der Waals surface area contributed by atoms with Crippen molar-refractivity contribution in [2.75, 3.05) is 27.3 Å². The van der Waals surface area contributed by atoms with Gasteiger partial charge in [-0.15, -0.1) is 0 Å². The fraction of sp³-hybridized carbons (Fsp3) is 0.522. The quantitative estimate of drug-likeness (QED) is 0.812. The number of H-pyrrole nitrogens is 1. The normalized spacial score (nSPS) is 23.3. The van der Waals surface area contributed by atoms with Gasteiger partial charge in [0.1, 0.15) is 17.2 Å². The minimum atomic E-state index is -0.373. The third-order valence-electron chi connectivity index (χ3n) is 6.79. The van der Waals surface area contributed by atoms with Crippen molar-refractivity contribution in [3.63, 3.8) is 0 Å². The second-order valence-electron chi connectivity index (χ2n) is 8.52. The summed E-state index contributed by atoms with van der Waals surface area (Å²) in [5.41, 5.74) is 1.48. The van der Waals surface area contributed by atoms with Crippen LogP contribution in [0.1, 0.15) is 50.0 Å². The molecule has 3 heterocycles. The summed E-state index contributed by atoms with van der Waals surface area (Å²) >= 11 is 0. The van der Waals surface area contributed by atoms with Crippen molar-refractivity contribution in [3.8, 4) is 22.8 Å². The Morgan fingerprint density at radius 1 is 1.16 bits per heavy atom. The molecule has 2 atom stereocenters. The maximum absolute atomic E-state index is 13.5. The second-order valence-corrected chi connectivity index (χ2v) is 8.52. The van der Waals surface area contributed by atoms with Crippen LogP contribution in [0.2, 0.25) is 0 Å². The number of nitrogens with zero attached hydrogens (tertiary/aromatic N) is 3. The molecular weight excluding hydrogens is 396 g/mol. The molecule has 8 heteroatoms. The van der Waals surface area contributed by atoms with E-state index in [4.69, 9.17) is 9.47 Å². The number of aromatic amines is 1. The predicted octanol–water partition coefficient (Wildman–Crippen LogP) is 3.10. The molecule has 0 spiro atoms. The molecule has 2 aliphatic rings. The minimum Gasteiger partial charge on any atom is -0.497 e. The highest BCUT2D eigenvalue weighted by Gasteiger charge is 2.50. The Balaban J connectivity index is 1.62. The van der Waals surface area contributed by atoms with E-state index < -0.39 is 0 Å². The summed E-state index contributed by atoms with van der Waals surface area (Å²) in [5, 5.41) is 7.30. The summed E-state index contributed by atoms with van der Waals surface area (Å²) < 4.78 is 10.7. The first-order valence-electron chi connectivity index (χ1n) is 10.8. The summed E-state index contributed by atoms with van der Waals surface area (Å²) in [4.78, 5) is 29.6. The van der Waals surface area contributed by atoms with Gasteiger partial charge in [0.25, 0.3) is 5.91 Å². The highest BCUT2D eigenvalue weighted by molar-refractivity contribution is 5.94. The number of nitrogens with one attached hydrogen (secondary N) is 1. The van der Waals surface area contributed by atoms with Crippen molar-refractivity contribution in [3.05, 3.63) is 30.0 Å². The summed E-state index contributed by atoms with van der Waals surface area (Å²) in [7, 11) is 3.19. The monoisotopic (exact) mass is 426 g/mol. The topological polar surface area (TPSA) is 87.8 Å². The number of methoxy groups -OCH3 is 2. The molecule has 8 nitrogen and oxygen atoms in total. The highest BCUT2D eigenvalue weighted by Crippen LogP contribution is 2.40. The van der Waals surface area contributed by atoms with Crippen LogP contribution in [0.3, 0.4) is 0 Å². The molecule has 2 aliphatic heterocycles. The fourth-order valence-electron chi connectivity index (χ4n) is 5.18. The second kappa shape index (κ2) is 8.24. The van der Waals surface area contributed by atoms with Crippen molar-refractivity contribution in [1.82, 2.24) is 20.0 Å². The van der Waals surface area contributed by atoms with E-state index in [-0.39, 0.29) is 23.4 Å². The standard InChI is InChI=1S/C23H30N4O4/c1-15(28)26-11-6-10-23(2)21(26)7-5-12-27(23)22(29)19-14-18(24-25-19)17-9-8-16(30-3)13-20(17)31-4/h8-9,13-14,21H,5-7,10-12H2,1-4H3,(H,24,25)/t21-,23+/m1/s1. The molecular formula is C23H30N4O4. The van der Waals surface area contributed by atoms with E-state index in [1.807, 2.05) is 21.9 Å². The molecule has 1 aromatic heterocycles. The van der Waals surface area contributed by atoms with Crippen LogP contribution in [0.15, 0.2) is 24.3 Å². The number of hydrogen-bond donors (Lipinski definition) is 1. The number of carbonyl (C=O) groups excluding carboxylic acids is 2. The van der Waals surface area contributed by atoms with E-state index in [1.165, 1.54) is 0 Å². The number of aromatic nitrogens is 2. The average Bonchev–Trinajstić information content (AvgIpc) is 3.26. The zero-order chi connectivity index (χ0) is 22.2. The van der Waals surface area contributed by atoms with Crippen molar-refractivity contribution in [2.45, 2.75) is 51.1 Å². The van der Waals surface area contributed by atoms with E-state index in [0.717, 1.165) is 37.8 Å². The van der Waals surface area contributed by atoms with Gasteiger partial charge in [0.15, 0.2) is 0 Å². The van der Waals surface area contributed by atoms with E-state index in [2.05, 4.69) is 17.1 Å². The van der Waals surface area contributed by atoms with Crippen LogP contribution in [-0.4, -0.2) is 70.7 Å². The van der Waals surface area contributed by atoms with E-state index >= 15 is 0 Å². The van der Waals surface area contributed by atoms with Gasteiger partial charge in [-0.2, -0.15) is 5.10 Å². The van der Waals surface area contributed by atoms with Gasteiger partial charge in [-0.25, -0.2) is 0 Å². The lowest BCUT2D eigenvalue weighted by atomic mass is 9.76. The maximum Gasteiger partial charge on any atom is 0.272 e. The third kappa shape index (κ3) is 3.64. The van der Waals surface area contributed by atoms with E-state index in [0.29, 0.717) is 29.4 Å². The van der Waals surface area contributed by atoms with Crippen LogP contribution >= 0.6 is 0 Å².